The summed E-state index contributed by atoms with van der Waals surface area (Å²) in [7, 11) is 1.77. The Morgan fingerprint density at radius 2 is 1.81 bits per heavy atom. The van der Waals surface area contributed by atoms with Gasteiger partial charge < -0.3 is 5.32 Å². The fraction of sp³-hybridized carbons (Fsp3) is 0.312. The smallest absolute Gasteiger partial charge is 0.308 e. The van der Waals surface area contributed by atoms with E-state index in [2.05, 4.69) is 10.3 Å². The Kier molecular flexibility index (Phi) is 4.32. The summed E-state index contributed by atoms with van der Waals surface area (Å²) in [5.74, 6) is 0. The summed E-state index contributed by atoms with van der Waals surface area (Å²) in [4.78, 5) is 4.31. The van der Waals surface area contributed by atoms with Gasteiger partial charge in [-0.05, 0) is 61.9 Å². The van der Waals surface area contributed by atoms with Gasteiger partial charge in [-0.15, -0.1) is 0 Å². The molecule has 112 valence electrons. The van der Waals surface area contributed by atoms with Crippen molar-refractivity contribution in [3.05, 3.63) is 64.5 Å². The van der Waals surface area contributed by atoms with Crippen LogP contribution in [0.4, 0.5) is 13.2 Å². The van der Waals surface area contributed by atoms with Crippen molar-refractivity contribution in [1.82, 2.24) is 10.3 Å². The number of benzene rings is 1. The Morgan fingerprint density at radius 3 is 2.33 bits per heavy atom. The lowest BCUT2D eigenvalue weighted by Crippen LogP contribution is -2.20. The van der Waals surface area contributed by atoms with Crippen LogP contribution in [0.2, 0.25) is 0 Å². The molecule has 5 heteroatoms. The first-order chi connectivity index (χ1) is 9.82. The van der Waals surface area contributed by atoms with Crippen molar-refractivity contribution >= 4 is 0 Å². The summed E-state index contributed by atoms with van der Waals surface area (Å²) in [6, 6.07) is 7.39. The van der Waals surface area contributed by atoms with E-state index in [4.69, 9.17) is 0 Å². The van der Waals surface area contributed by atoms with Gasteiger partial charge in [0.1, 0.15) is 0 Å². The number of halogens is 3. The summed E-state index contributed by atoms with van der Waals surface area (Å²) in [6.07, 6.45) is -2.62. The molecule has 1 aromatic carbocycles. The van der Waals surface area contributed by atoms with Crippen molar-refractivity contribution in [3.8, 4) is 0 Å². The van der Waals surface area contributed by atoms with Crippen LogP contribution >= 0.6 is 0 Å². The second-order valence-corrected chi connectivity index (χ2v) is 5.05. The summed E-state index contributed by atoms with van der Waals surface area (Å²) in [6.45, 7) is 3.64. The Morgan fingerprint density at radius 1 is 1.10 bits per heavy atom. The highest BCUT2D eigenvalue weighted by molar-refractivity contribution is 5.38. The van der Waals surface area contributed by atoms with Gasteiger partial charge in [-0.25, -0.2) is 0 Å². The molecule has 0 aliphatic heterocycles. The van der Waals surface area contributed by atoms with E-state index in [0.717, 1.165) is 22.9 Å². The number of nitrogens with one attached hydrogen (secondary N) is 1. The number of hydrogen-bond acceptors (Lipinski definition) is 2. The molecule has 2 nitrogen and oxygen atoms in total. The fourth-order valence-corrected chi connectivity index (χ4v) is 2.36. The molecule has 0 saturated carbocycles. The lowest BCUT2D eigenvalue weighted by atomic mass is 9.96. The van der Waals surface area contributed by atoms with Gasteiger partial charge in [-0.2, -0.15) is 13.2 Å². The van der Waals surface area contributed by atoms with E-state index in [1.54, 1.807) is 20.2 Å². The normalized spacial score (nSPS) is 13.2. The monoisotopic (exact) mass is 294 g/mol. The third-order valence-corrected chi connectivity index (χ3v) is 3.43. The van der Waals surface area contributed by atoms with Gasteiger partial charge in [0.25, 0.3) is 0 Å². The minimum atomic E-state index is -4.32. The molecular weight excluding hydrogens is 277 g/mol. The first-order valence-corrected chi connectivity index (χ1v) is 6.60. The Labute approximate surface area is 122 Å². The van der Waals surface area contributed by atoms with Gasteiger partial charge >= 0.3 is 6.18 Å². The van der Waals surface area contributed by atoms with Crippen LogP contribution in [0.1, 0.15) is 34.0 Å². The number of hydrogen-bond donors (Lipinski definition) is 1. The molecule has 0 bridgehead atoms. The van der Waals surface area contributed by atoms with Gasteiger partial charge in [0.15, 0.2) is 0 Å². The molecule has 0 saturated heterocycles. The van der Waals surface area contributed by atoms with Crippen LogP contribution in [0.5, 0.6) is 0 Å². The Hall–Kier alpha value is -1.88. The molecule has 2 rings (SSSR count). The molecule has 21 heavy (non-hydrogen) atoms. The zero-order chi connectivity index (χ0) is 15.6. The lowest BCUT2D eigenvalue weighted by molar-refractivity contribution is -0.137. The molecule has 1 unspecified atom stereocenters. The van der Waals surface area contributed by atoms with E-state index >= 15 is 0 Å². The van der Waals surface area contributed by atoms with Crippen LogP contribution in [0, 0.1) is 13.8 Å². The molecular formula is C16H17F3N2. The highest BCUT2D eigenvalue weighted by Crippen LogP contribution is 2.32. The van der Waals surface area contributed by atoms with E-state index in [0.29, 0.717) is 5.56 Å². The molecule has 0 aliphatic carbocycles. The quantitative estimate of drug-likeness (QED) is 0.924. The average Bonchev–Trinajstić information content (AvgIpc) is 2.40. The number of aryl methyl sites for hydroxylation is 2. The number of aromatic nitrogens is 1. The fourth-order valence-electron chi connectivity index (χ4n) is 2.36. The summed E-state index contributed by atoms with van der Waals surface area (Å²) >= 11 is 0. The summed E-state index contributed by atoms with van der Waals surface area (Å²) < 4.78 is 38.2. The van der Waals surface area contributed by atoms with E-state index in [1.807, 2.05) is 19.1 Å². The summed E-state index contributed by atoms with van der Waals surface area (Å²) in [5, 5.41) is 3.12. The average molecular weight is 294 g/mol. The predicted molar refractivity (Wildman–Crippen MR) is 76.1 cm³/mol. The molecule has 0 spiro atoms. The molecule has 1 aromatic heterocycles. The zero-order valence-corrected chi connectivity index (χ0v) is 12.1. The van der Waals surface area contributed by atoms with Crippen LogP contribution in [-0.2, 0) is 6.18 Å². The third kappa shape index (κ3) is 3.42. The summed E-state index contributed by atoms with van der Waals surface area (Å²) in [5.41, 5.74) is 2.61. The van der Waals surface area contributed by atoms with Gasteiger partial charge in [-0.3, -0.25) is 4.98 Å². The minimum Gasteiger partial charge on any atom is -0.308 e. The molecule has 0 aliphatic rings. The second kappa shape index (κ2) is 5.85. The van der Waals surface area contributed by atoms with Crippen LogP contribution in [0.15, 0.2) is 36.5 Å². The number of nitrogens with zero attached hydrogens (tertiary/aromatic N) is 1. The topological polar surface area (TPSA) is 24.9 Å². The third-order valence-electron chi connectivity index (χ3n) is 3.43. The van der Waals surface area contributed by atoms with Gasteiger partial charge in [0.05, 0.1) is 17.3 Å². The van der Waals surface area contributed by atoms with Crippen molar-refractivity contribution in [2.45, 2.75) is 26.1 Å². The van der Waals surface area contributed by atoms with Crippen LogP contribution in [-0.4, -0.2) is 12.0 Å². The SMILES string of the molecule is CNC(c1cc(C)ccn1)c1ccc(C(F)(F)F)cc1C. The number of rotatable bonds is 3. The van der Waals surface area contributed by atoms with Crippen molar-refractivity contribution in [2.75, 3.05) is 7.05 Å². The predicted octanol–water partition coefficient (Wildman–Crippen LogP) is 4.03. The van der Waals surface area contributed by atoms with E-state index in [1.165, 1.54) is 12.1 Å². The van der Waals surface area contributed by atoms with Crippen molar-refractivity contribution in [1.29, 1.82) is 0 Å². The van der Waals surface area contributed by atoms with Crippen molar-refractivity contribution in [3.63, 3.8) is 0 Å². The van der Waals surface area contributed by atoms with E-state index < -0.39 is 11.7 Å². The van der Waals surface area contributed by atoms with Crippen LogP contribution in [0.25, 0.3) is 0 Å². The zero-order valence-electron chi connectivity index (χ0n) is 12.1. The first-order valence-electron chi connectivity index (χ1n) is 6.60. The van der Waals surface area contributed by atoms with Crippen molar-refractivity contribution in [2.24, 2.45) is 0 Å². The maximum Gasteiger partial charge on any atom is 0.416 e. The van der Waals surface area contributed by atoms with Crippen molar-refractivity contribution < 1.29 is 13.2 Å². The highest BCUT2D eigenvalue weighted by atomic mass is 19.4. The first kappa shape index (κ1) is 15.5. The number of alkyl halides is 3. The standard InChI is InChI=1S/C16H17F3N2/c1-10-6-7-21-14(8-10)15(20-3)13-5-4-12(9-11(13)2)16(17,18)19/h4-9,15,20H,1-3H3. The van der Waals surface area contributed by atoms with Gasteiger partial charge in [0, 0.05) is 6.20 Å². The second-order valence-electron chi connectivity index (χ2n) is 5.05. The van der Waals surface area contributed by atoms with Gasteiger partial charge in [0.2, 0.25) is 0 Å². The van der Waals surface area contributed by atoms with Crippen LogP contribution in [0.3, 0.4) is 0 Å². The van der Waals surface area contributed by atoms with Gasteiger partial charge in [-0.1, -0.05) is 6.07 Å². The minimum absolute atomic E-state index is 0.229. The molecule has 2 aromatic rings. The highest BCUT2D eigenvalue weighted by Gasteiger charge is 2.31. The molecule has 0 radical (unpaired) electrons. The van der Waals surface area contributed by atoms with E-state index in [9.17, 15) is 13.2 Å². The van der Waals surface area contributed by atoms with Crippen LogP contribution < -0.4 is 5.32 Å². The maximum atomic E-state index is 12.7. The molecule has 0 fully saturated rings. The Balaban J connectivity index is 2.44. The molecule has 1 atom stereocenters. The maximum absolute atomic E-state index is 12.7. The molecule has 1 heterocycles. The number of pyridine rings is 1. The van der Waals surface area contributed by atoms with E-state index in [-0.39, 0.29) is 6.04 Å². The molecule has 1 N–H and O–H groups in total. The Bertz CT molecular complexity index is 636. The lowest BCUT2D eigenvalue weighted by Gasteiger charge is -2.20. The largest absolute Gasteiger partial charge is 0.416 e. The molecule has 0 amide bonds.